The van der Waals surface area contributed by atoms with E-state index >= 15 is 0 Å². The molecule has 0 spiro atoms. The Labute approximate surface area is 139 Å². The van der Waals surface area contributed by atoms with Crippen molar-refractivity contribution in [3.8, 4) is 22.8 Å². The van der Waals surface area contributed by atoms with E-state index in [-0.39, 0.29) is 5.56 Å². The summed E-state index contributed by atoms with van der Waals surface area (Å²) in [5, 5.41) is 11.2. The molecule has 0 fully saturated rings. The Hall–Kier alpha value is -3.08. The Morgan fingerprint density at radius 1 is 1.04 bits per heavy atom. The lowest BCUT2D eigenvalue weighted by Crippen LogP contribution is -2.01. The number of carboxylic acids is 1. The number of hydrogen-bond donors (Lipinski definition) is 1. The first-order valence-corrected chi connectivity index (χ1v) is 7.41. The van der Waals surface area contributed by atoms with E-state index in [1.54, 1.807) is 38.5 Å². The highest BCUT2D eigenvalue weighted by atomic mass is 16.5. The van der Waals surface area contributed by atoms with Gasteiger partial charge in [-0.2, -0.15) is 0 Å². The minimum atomic E-state index is -0.975. The lowest BCUT2D eigenvalue weighted by atomic mass is 10.0. The number of ether oxygens (including phenoxy) is 2. The maximum atomic E-state index is 11.5. The van der Waals surface area contributed by atoms with Gasteiger partial charge in [-0.1, -0.05) is 18.2 Å². The van der Waals surface area contributed by atoms with Gasteiger partial charge in [0, 0.05) is 16.6 Å². The first kappa shape index (κ1) is 15.8. The van der Waals surface area contributed by atoms with Crippen molar-refractivity contribution in [3.63, 3.8) is 0 Å². The van der Waals surface area contributed by atoms with E-state index in [1.165, 1.54) is 0 Å². The maximum Gasteiger partial charge on any atom is 0.336 e. The zero-order chi connectivity index (χ0) is 17.3. The molecule has 2 aromatic carbocycles. The Morgan fingerprint density at radius 3 is 2.38 bits per heavy atom. The van der Waals surface area contributed by atoms with Crippen LogP contribution in [0.4, 0.5) is 0 Å². The van der Waals surface area contributed by atoms with Crippen molar-refractivity contribution >= 4 is 16.7 Å². The van der Waals surface area contributed by atoms with E-state index in [0.717, 1.165) is 16.5 Å². The number of methoxy groups -OCH3 is 2. The monoisotopic (exact) mass is 323 g/mol. The fraction of sp³-hybridized carbons (Fsp3) is 0.158. The van der Waals surface area contributed by atoms with Crippen LogP contribution in [0.15, 0.2) is 42.5 Å². The van der Waals surface area contributed by atoms with Crippen molar-refractivity contribution in [1.82, 2.24) is 4.98 Å². The van der Waals surface area contributed by atoms with E-state index in [9.17, 15) is 9.90 Å². The summed E-state index contributed by atoms with van der Waals surface area (Å²) in [5.74, 6) is 0.277. The molecule has 5 nitrogen and oxygen atoms in total. The number of rotatable bonds is 4. The predicted molar refractivity (Wildman–Crippen MR) is 92.0 cm³/mol. The molecule has 24 heavy (non-hydrogen) atoms. The quantitative estimate of drug-likeness (QED) is 0.788. The Bertz CT molecular complexity index is 934. The highest BCUT2D eigenvalue weighted by Crippen LogP contribution is 2.35. The molecule has 0 saturated carbocycles. The van der Waals surface area contributed by atoms with Crippen LogP contribution in [0.5, 0.6) is 11.5 Å². The molecule has 5 heteroatoms. The number of aromatic nitrogens is 1. The lowest BCUT2D eigenvalue weighted by molar-refractivity contribution is 0.0697. The summed E-state index contributed by atoms with van der Waals surface area (Å²) in [4.78, 5) is 16.0. The van der Waals surface area contributed by atoms with Crippen LogP contribution in [-0.2, 0) is 0 Å². The SMILES string of the molecule is COc1cc2cc(-c3ccccc3C(=O)O)nc(C)c2cc1OC. The number of hydrogen-bond acceptors (Lipinski definition) is 4. The van der Waals surface area contributed by atoms with Crippen molar-refractivity contribution in [1.29, 1.82) is 0 Å². The van der Waals surface area contributed by atoms with Crippen LogP contribution in [0, 0.1) is 6.92 Å². The van der Waals surface area contributed by atoms with Gasteiger partial charge in [0.2, 0.25) is 0 Å². The molecule has 122 valence electrons. The number of carboxylic acid groups (broad SMARTS) is 1. The molecule has 0 aliphatic carbocycles. The van der Waals surface area contributed by atoms with E-state index in [0.29, 0.717) is 22.8 Å². The van der Waals surface area contributed by atoms with Gasteiger partial charge in [-0.05, 0) is 36.6 Å². The maximum absolute atomic E-state index is 11.5. The van der Waals surface area contributed by atoms with Crippen LogP contribution in [0.25, 0.3) is 22.0 Å². The largest absolute Gasteiger partial charge is 0.493 e. The average Bonchev–Trinajstić information content (AvgIpc) is 2.60. The minimum Gasteiger partial charge on any atom is -0.493 e. The zero-order valence-corrected chi connectivity index (χ0v) is 13.7. The van der Waals surface area contributed by atoms with E-state index in [1.807, 2.05) is 25.1 Å². The summed E-state index contributed by atoms with van der Waals surface area (Å²) in [7, 11) is 3.17. The fourth-order valence-electron chi connectivity index (χ4n) is 2.78. The fourth-order valence-corrected chi connectivity index (χ4v) is 2.78. The van der Waals surface area contributed by atoms with Crippen molar-refractivity contribution in [3.05, 3.63) is 53.7 Å². The second-order valence-electron chi connectivity index (χ2n) is 5.37. The third-order valence-corrected chi connectivity index (χ3v) is 3.96. The molecular formula is C19H17NO4. The second kappa shape index (κ2) is 6.20. The molecule has 1 aromatic heterocycles. The van der Waals surface area contributed by atoms with Crippen LogP contribution in [0.3, 0.4) is 0 Å². The highest BCUT2D eigenvalue weighted by Gasteiger charge is 2.15. The van der Waals surface area contributed by atoms with Gasteiger partial charge in [0.05, 0.1) is 25.5 Å². The van der Waals surface area contributed by atoms with Crippen LogP contribution < -0.4 is 9.47 Å². The zero-order valence-electron chi connectivity index (χ0n) is 13.7. The molecule has 0 aliphatic heterocycles. The van der Waals surface area contributed by atoms with Gasteiger partial charge >= 0.3 is 5.97 Å². The Kier molecular flexibility index (Phi) is 4.08. The highest BCUT2D eigenvalue weighted by molar-refractivity contribution is 5.97. The molecule has 0 saturated heterocycles. The molecule has 0 atom stereocenters. The molecule has 1 heterocycles. The molecule has 0 bridgehead atoms. The first-order valence-electron chi connectivity index (χ1n) is 7.41. The summed E-state index contributed by atoms with van der Waals surface area (Å²) >= 11 is 0. The number of nitrogens with zero attached hydrogens (tertiary/aromatic N) is 1. The topological polar surface area (TPSA) is 68.7 Å². The van der Waals surface area contributed by atoms with Crippen LogP contribution in [-0.4, -0.2) is 30.3 Å². The van der Waals surface area contributed by atoms with Gasteiger partial charge < -0.3 is 14.6 Å². The van der Waals surface area contributed by atoms with Gasteiger partial charge in [-0.3, -0.25) is 4.98 Å². The van der Waals surface area contributed by atoms with Gasteiger partial charge in [0.15, 0.2) is 11.5 Å². The third kappa shape index (κ3) is 2.65. The van der Waals surface area contributed by atoms with Crippen molar-refractivity contribution < 1.29 is 19.4 Å². The van der Waals surface area contributed by atoms with Crippen molar-refractivity contribution in [2.45, 2.75) is 6.92 Å². The molecule has 1 N–H and O–H groups in total. The smallest absolute Gasteiger partial charge is 0.336 e. The van der Waals surface area contributed by atoms with Crippen molar-refractivity contribution in [2.24, 2.45) is 0 Å². The molecule has 0 amide bonds. The molecule has 3 aromatic rings. The molecule has 3 rings (SSSR count). The van der Waals surface area contributed by atoms with Gasteiger partial charge in [0.1, 0.15) is 0 Å². The van der Waals surface area contributed by atoms with E-state index in [4.69, 9.17) is 9.47 Å². The lowest BCUT2D eigenvalue weighted by Gasteiger charge is -2.12. The van der Waals surface area contributed by atoms with Crippen LogP contribution in [0.1, 0.15) is 16.1 Å². The second-order valence-corrected chi connectivity index (χ2v) is 5.37. The molecule has 0 radical (unpaired) electrons. The number of aryl methyl sites for hydroxylation is 1. The minimum absolute atomic E-state index is 0.226. The normalized spacial score (nSPS) is 10.6. The number of aromatic carboxylic acids is 1. The van der Waals surface area contributed by atoms with E-state index < -0.39 is 5.97 Å². The summed E-state index contributed by atoms with van der Waals surface area (Å²) in [6.45, 7) is 1.89. The summed E-state index contributed by atoms with van der Waals surface area (Å²) < 4.78 is 10.7. The summed E-state index contributed by atoms with van der Waals surface area (Å²) in [6.07, 6.45) is 0. The van der Waals surface area contributed by atoms with E-state index in [2.05, 4.69) is 4.98 Å². The van der Waals surface area contributed by atoms with Gasteiger partial charge in [-0.25, -0.2) is 4.79 Å². The molecule has 0 unspecified atom stereocenters. The van der Waals surface area contributed by atoms with Crippen LogP contribution in [0.2, 0.25) is 0 Å². The third-order valence-electron chi connectivity index (χ3n) is 3.96. The number of fused-ring (bicyclic) bond motifs is 1. The van der Waals surface area contributed by atoms with Gasteiger partial charge in [-0.15, -0.1) is 0 Å². The summed E-state index contributed by atoms with van der Waals surface area (Å²) in [6, 6.07) is 12.5. The standard InChI is InChI=1S/C19H17NO4/c1-11-15-10-18(24-3)17(23-2)9-12(15)8-16(20-11)13-6-4-5-7-14(13)19(21)22/h4-10H,1-3H3,(H,21,22). The predicted octanol–water partition coefficient (Wildman–Crippen LogP) is 3.93. The van der Waals surface area contributed by atoms with Gasteiger partial charge in [0.25, 0.3) is 0 Å². The van der Waals surface area contributed by atoms with Crippen molar-refractivity contribution in [2.75, 3.05) is 14.2 Å². The number of pyridine rings is 1. The number of benzene rings is 2. The average molecular weight is 323 g/mol. The first-order chi connectivity index (χ1) is 11.5. The Balaban J connectivity index is 2.27. The molecule has 0 aliphatic rings. The Morgan fingerprint density at radius 2 is 1.71 bits per heavy atom. The number of carbonyl (C=O) groups is 1. The molecular weight excluding hydrogens is 306 g/mol. The van der Waals surface area contributed by atoms with Crippen LogP contribution >= 0.6 is 0 Å². The summed E-state index contributed by atoms with van der Waals surface area (Å²) in [5.41, 5.74) is 2.22.